The van der Waals surface area contributed by atoms with Crippen molar-refractivity contribution in [2.45, 2.75) is 34.6 Å². The lowest BCUT2D eigenvalue weighted by Gasteiger charge is -2.17. The van der Waals surface area contributed by atoms with Crippen LogP contribution in [0.3, 0.4) is 0 Å². The monoisotopic (exact) mass is 626 g/mol. The number of carbonyl (C=O) groups excluding carboxylic acids is 2. The van der Waals surface area contributed by atoms with E-state index < -0.39 is 5.97 Å². The molecule has 184 valence electrons. The number of anilines is 1. The molecule has 5 nitrogen and oxygen atoms in total. The molecule has 0 aliphatic carbocycles. The molecule has 1 amide bonds. The average molecular weight is 628 g/mol. The first-order chi connectivity index (χ1) is 17.0. The molecule has 4 rings (SSSR count). The zero-order chi connectivity index (χ0) is 26.1. The molecule has 1 aliphatic rings. The zero-order valence-electron chi connectivity index (χ0n) is 20.5. The van der Waals surface area contributed by atoms with Gasteiger partial charge in [-0.3, -0.25) is 14.5 Å². The van der Waals surface area contributed by atoms with Crippen LogP contribution in [0.4, 0.5) is 11.4 Å². The Morgan fingerprint density at radius 1 is 0.917 bits per heavy atom. The molecule has 0 saturated carbocycles. The van der Waals surface area contributed by atoms with Crippen LogP contribution in [-0.4, -0.2) is 17.0 Å². The number of ether oxygens (including phenoxy) is 1. The van der Waals surface area contributed by atoms with Crippen molar-refractivity contribution in [3.63, 3.8) is 0 Å². The molecule has 3 aromatic carbocycles. The second-order valence-corrected chi connectivity index (χ2v) is 11.3. The Balaban J connectivity index is 1.79. The van der Waals surface area contributed by atoms with E-state index in [9.17, 15) is 9.59 Å². The summed E-state index contributed by atoms with van der Waals surface area (Å²) < 4.78 is 6.47. The molecule has 1 saturated heterocycles. The van der Waals surface area contributed by atoms with E-state index in [1.165, 1.54) is 24.2 Å². The van der Waals surface area contributed by atoms with Crippen molar-refractivity contribution in [3.8, 4) is 5.75 Å². The number of aryl methyl sites for hydroxylation is 4. The van der Waals surface area contributed by atoms with Crippen LogP contribution < -0.4 is 9.64 Å². The molecular weight excluding hydrogens is 604 g/mol. The number of carbonyl (C=O) groups is 2. The van der Waals surface area contributed by atoms with Gasteiger partial charge in [-0.1, -0.05) is 12.1 Å². The number of amidine groups is 1. The maximum absolute atomic E-state index is 13.7. The lowest BCUT2D eigenvalue weighted by molar-refractivity contribution is -0.132. The molecule has 3 aromatic rings. The fourth-order valence-electron chi connectivity index (χ4n) is 3.60. The summed E-state index contributed by atoms with van der Waals surface area (Å²) in [6.45, 7) is 9.53. The normalized spacial score (nSPS) is 15.8. The molecule has 0 aromatic heterocycles. The second kappa shape index (κ2) is 10.7. The van der Waals surface area contributed by atoms with Gasteiger partial charge in [0.1, 0.15) is 0 Å². The van der Waals surface area contributed by atoms with Gasteiger partial charge in [-0.25, -0.2) is 4.99 Å². The first-order valence-corrected chi connectivity index (χ1v) is 13.6. The van der Waals surface area contributed by atoms with Crippen molar-refractivity contribution < 1.29 is 14.3 Å². The highest BCUT2D eigenvalue weighted by molar-refractivity contribution is 9.11. The largest absolute Gasteiger partial charge is 0.424 e. The van der Waals surface area contributed by atoms with E-state index in [1.54, 1.807) is 4.90 Å². The van der Waals surface area contributed by atoms with E-state index >= 15 is 0 Å². The number of esters is 1. The van der Waals surface area contributed by atoms with E-state index in [-0.39, 0.29) is 5.91 Å². The Bertz CT molecular complexity index is 1440. The van der Waals surface area contributed by atoms with Gasteiger partial charge in [0.2, 0.25) is 0 Å². The standard InChI is InChI=1S/C28H24Br2N2O3S/c1-15-6-8-21(10-17(15)3)31-28-32(22-9-7-16(2)18(4)11-22)27(34)25(36-28)14-20-12-23(29)26(24(30)13-20)35-19(5)33/h6-14H,1-5H3/b25-14-,31-28?. The molecule has 0 radical (unpaired) electrons. The fraction of sp³-hybridized carbons (Fsp3) is 0.179. The van der Waals surface area contributed by atoms with Crippen molar-refractivity contribution in [1.29, 1.82) is 0 Å². The van der Waals surface area contributed by atoms with Crippen molar-refractivity contribution >= 4 is 78.1 Å². The van der Waals surface area contributed by atoms with Gasteiger partial charge in [0.25, 0.3) is 5.91 Å². The van der Waals surface area contributed by atoms with Crippen LogP contribution in [0.1, 0.15) is 34.7 Å². The van der Waals surface area contributed by atoms with Gasteiger partial charge >= 0.3 is 5.97 Å². The fourth-order valence-corrected chi connectivity index (χ4v) is 5.99. The Hall–Kier alpha value is -2.68. The van der Waals surface area contributed by atoms with Crippen molar-refractivity contribution in [2.24, 2.45) is 4.99 Å². The summed E-state index contributed by atoms with van der Waals surface area (Å²) in [7, 11) is 0. The van der Waals surface area contributed by atoms with Crippen LogP contribution in [0.25, 0.3) is 6.08 Å². The first-order valence-electron chi connectivity index (χ1n) is 11.2. The third kappa shape index (κ3) is 5.66. The number of hydrogen-bond donors (Lipinski definition) is 0. The summed E-state index contributed by atoms with van der Waals surface area (Å²) >= 11 is 8.25. The molecule has 0 N–H and O–H groups in total. The van der Waals surface area contributed by atoms with E-state index in [2.05, 4.69) is 38.8 Å². The molecule has 0 atom stereocenters. The molecule has 0 unspecified atom stereocenters. The summed E-state index contributed by atoms with van der Waals surface area (Å²) in [5, 5.41) is 0.590. The van der Waals surface area contributed by atoms with Gasteiger partial charge in [-0.05, 0) is 142 Å². The highest BCUT2D eigenvalue weighted by Crippen LogP contribution is 2.40. The summed E-state index contributed by atoms with van der Waals surface area (Å²) in [5.41, 5.74) is 6.92. The second-order valence-electron chi connectivity index (χ2n) is 8.59. The molecule has 8 heteroatoms. The summed E-state index contributed by atoms with van der Waals surface area (Å²) in [5.74, 6) is -0.175. The van der Waals surface area contributed by atoms with Crippen LogP contribution in [-0.2, 0) is 9.59 Å². The van der Waals surface area contributed by atoms with Crippen LogP contribution >= 0.6 is 43.6 Å². The van der Waals surface area contributed by atoms with Crippen LogP contribution in [0.5, 0.6) is 5.75 Å². The molecule has 36 heavy (non-hydrogen) atoms. The molecule has 0 bridgehead atoms. The zero-order valence-corrected chi connectivity index (χ0v) is 24.5. The molecule has 1 aliphatic heterocycles. The maximum Gasteiger partial charge on any atom is 0.308 e. The first kappa shape index (κ1) is 26.4. The van der Waals surface area contributed by atoms with Crippen molar-refractivity contribution in [1.82, 2.24) is 0 Å². The smallest absolute Gasteiger partial charge is 0.308 e. The minimum atomic E-state index is -0.416. The third-order valence-electron chi connectivity index (χ3n) is 5.83. The number of amides is 1. The van der Waals surface area contributed by atoms with E-state index in [4.69, 9.17) is 9.73 Å². The van der Waals surface area contributed by atoms with Gasteiger partial charge < -0.3 is 4.74 Å². The highest BCUT2D eigenvalue weighted by Gasteiger charge is 2.35. The van der Waals surface area contributed by atoms with Gasteiger partial charge in [0.15, 0.2) is 10.9 Å². The Kier molecular flexibility index (Phi) is 7.87. The van der Waals surface area contributed by atoms with Gasteiger partial charge in [-0.2, -0.15) is 0 Å². The Morgan fingerprint density at radius 3 is 2.11 bits per heavy atom. The lowest BCUT2D eigenvalue weighted by Crippen LogP contribution is -2.28. The minimum Gasteiger partial charge on any atom is -0.424 e. The Morgan fingerprint density at radius 2 is 1.53 bits per heavy atom. The van der Waals surface area contributed by atoms with Crippen molar-refractivity contribution in [2.75, 3.05) is 4.90 Å². The summed E-state index contributed by atoms with van der Waals surface area (Å²) in [4.78, 5) is 32.2. The number of rotatable bonds is 4. The number of halogens is 2. The quantitative estimate of drug-likeness (QED) is 0.166. The average Bonchev–Trinajstić information content (AvgIpc) is 3.09. The van der Waals surface area contributed by atoms with Gasteiger partial charge in [0, 0.05) is 6.92 Å². The van der Waals surface area contributed by atoms with Gasteiger partial charge in [-0.15, -0.1) is 0 Å². The minimum absolute atomic E-state index is 0.151. The molecule has 0 spiro atoms. The molecule has 1 heterocycles. The van der Waals surface area contributed by atoms with Gasteiger partial charge in [0.05, 0.1) is 25.2 Å². The number of hydrogen-bond acceptors (Lipinski definition) is 5. The van der Waals surface area contributed by atoms with E-state index in [1.807, 2.05) is 75.4 Å². The van der Waals surface area contributed by atoms with Crippen LogP contribution in [0.15, 0.2) is 67.4 Å². The maximum atomic E-state index is 13.7. The van der Waals surface area contributed by atoms with Crippen molar-refractivity contribution in [3.05, 3.63) is 90.2 Å². The molecular formula is C28H24Br2N2O3S. The number of benzene rings is 3. The Labute approximate surface area is 231 Å². The topological polar surface area (TPSA) is 59.0 Å². The van der Waals surface area contributed by atoms with Crippen LogP contribution in [0, 0.1) is 27.7 Å². The number of aliphatic imine (C=N–C) groups is 1. The van der Waals surface area contributed by atoms with E-state index in [0.717, 1.165) is 33.6 Å². The highest BCUT2D eigenvalue weighted by atomic mass is 79.9. The third-order valence-corrected chi connectivity index (χ3v) is 7.98. The lowest BCUT2D eigenvalue weighted by atomic mass is 10.1. The predicted octanol–water partition coefficient (Wildman–Crippen LogP) is 8.18. The predicted molar refractivity (Wildman–Crippen MR) is 155 cm³/mol. The van der Waals surface area contributed by atoms with E-state index in [0.29, 0.717) is 24.8 Å². The summed E-state index contributed by atoms with van der Waals surface area (Å²) in [6.07, 6.45) is 1.82. The van der Waals surface area contributed by atoms with Crippen LogP contribution in [0.2, 0.25) is 0 Å². The number of nitrogens with zero attached hydrogens (tertiary/aromatic N) is 2. The SMILES string of the molecule is CC(=O)Oc1c(Br)cc(/C=C2\SC(=Nc3ccc(C)c(C)c3)N(c3ccc(C)c(C)c3)C2=O)cc1Br. The molecule has 1 fully saturated rings. The summed E-state index contributed by atoms with van der Waals surface area (Å²) in [6, 6.07) is 15.6. The number of thioether (sulfide) groups is 1.